The van der Waals surface area contributed by atoms with Gasteiger partial charge in [0.05, 0.1) is 17.3 Å². The Morgan fingerprint density at radius 3 is 2.33 bits per heavy atom. The Hall–Kier alpha value is -0.790. The van der Waals surface area contributed by atoms with Crippen LogP contribution in [-0.2, 0) is 10.0 Å². The molecule has 136 valence electrons. The Kier molecular flexibility index (Phi) is 5.29. The number of methoxy groups -OCH3 is 1. The lowest BCUT2D eigenvalue weighted by Crippen LogP contribution is -2.50. The van der Waals surface area contributed by atoms with Crippen LogP contribution in [0.2, 0.25) is 0 Å². The van der Waals surface area contributed by atoms with E-state index in [0.717, 1.165) is 4.47 Å². The van der Waals surface area contributed by atoms with Crippen LogP contribution in [-0.4, -0.2) is 45.0 Å². The third-order valence-corrected chi connectivity index (χ3v) is 7.13. The van der Waals surface area contributed by atoms with Crippen molar-refractivity contribution in [3.05, 3.63) is 16.6 Å². The molecule has 1 aromatic rings. The number of ether oxygens (including phenoxy) is 1. The number of rotatable bonds is 2. The van der Waals surface area contributed by atoms with Gasteiger partial charge in [0.2, 0.25) is 10.0 Å². The van der Waals surface area contributed by atoms with Gasteiger partial charge in [-0.1, -0.05) is 13.8 Å². The molecule has 0 aliphatic carbocycles. The van der Waals surface area contributed by atoms with Crippen LogP contribution in [0.4, 0.5) is 5.69 Å². The van der Waals surface area contributed by atoms with Crippen LogP contribution in [0.5, 0.6) is 5.75 Å². The van der Waals surface area contributed by atoms with Crippen LogP contribution in [0.25, 0.3) is 0 Å². The lowest BCUT2D eigenvalue weighted by Gasteiger charge is -2.40. The second-order valence-corrected chi connectivity index (χ2v) is 10.4. The van der Waals surface area contributed by atoms with Crippen molar-refractivity contribution in [1.82, 2.24) is 4.31 Å². The van der Waals surface area contributed by atoms with Gasteiger partial charge in [-0.3, -0.25) is 0 Å². The molecule has 24 heavy (non-hydrogen) atoms. The predicted molar refractivity (Wildman–Crippen MR) is 101 cm³/mol. The van der Waals surface area contributed by atoms with E-state index in [1.165, 1.54) is 11.4 Å². The first kappa shape index (κ1) is 19.5. The first-order chi connectivity index (χ1) is 10.9. The Morgan fingerprint density at radius 1 is 1.29 bits per heavy atom. The van der Waals surface area contributed by atoms with Gasteiger partial charge in [-0.2, -0.15) is 4.31 Å². The number of hydrogen-bond acceptors (Lipinski definition) is 4. The van der Waals surface area contributed by atoms with Crippen molar-refractivity contribution in [3.63, 3.8) is 0 Å². The van der Waals surface area contributed by atoms with Gasteiger partial charge in [-0.15, -0.1) is 0 Å². The number of hydrogen-bond donors (Lipinski definition) is 0. The Labute approximate surface area is 154 Å². The van der Waals surface area contributed by atoms with Gasteiger partial charge >= 0.3 is 0 Å². The molecule has 0 saturated heterocycles. The molecule has 0 saturated carbocycles. The van der Waals surface area contributed by atoms with Crippen LogP contribution in [0, 0.1) is 5.92 Å². The normalized spacial score (nSPS) is 21.5. The molecule has 7 heteroatoms. The summed E-state index contributed by atoms with van der Waals surface area (Å²) in [6.07, 6.45) is 0. The number of fused-ring (bicyclic) bond motifs is 1. The largest absolute Gasteiger partial charge is 0.496 e. The van der Waals surface area contributed by atoms with E-state index in [1.807, 2.05) is 6.07 Å². The summed E-state index contributed by atoms with van der Waals surface area (Å²) in [6, 6.07) is 3.37. The zero-order chi connectivity index (χ0) is 18.4. The maximum absolute atomic E-state index is 13.2. The average Bonchev–Trinajstić information content (AvgIpc) is 2.52. The zero-order valence-electron chi connectivity index (χ0n) is 15.4. The van der Waals surface area contributed by atoms with Crippen LogP contribution < -0.4 is 9.64 Å². The van der Waals surface area contributed by atoms with Gasteiger partial charge < -0.3 is 9.64 Å². The third kappa shape index (κ3) is 3.30. The minimum atomic E-state index is -3.60. The summed E-state index contributed by atoms with van der Waals surface area (Å²) in [7, 11) is -0.392. The molecule has 0 spiro atoms. The van der Waals surface area contributed by atoms with Gasteiger partial charge in [0, 0.05) is 31.2 Å². The highest BCUT2D eigenvalue weighted by Crippen LogP contribution is 2.42. The fourth-order valence-corrected chi connectivity index (χ4v) is 5.26. The van der Waals surface area contributed by atoms with E-state index in [1.54, 1.807) is 13.1 Å². The highest BCUT2D eigenvalue weighted by molar-refractivity contribution is 9.10. The number of likely N-dealkylation sites (N-methyl/N-ethyl adjacent to an activating group) is 1. The first-order valence-corrected chi connectivity index (χ1v) is 10.3. The quantitative estimate of drug-likeness (QED) is 0.733. The van der Waals surface area contributed by atoms with Crippen molar-refractivity contribution >= 4 is 31.6 Å². The van der Waals surface area contributed by atoms with E-state index in [9.17, 15) is 8.42 Å². The molecule has 0 radical (unpaired) electrons. The van der Waals surface area contributed by atoms with Crippen LogP contribution in [0.1, 0.15) is 34.6 Å². The number of sulfonamides is 1. The van der Waals surface area contributed by atoms with E-state index >= 15 is 0 Å². The molecule has 1 aromatic carbocycles. The molecule has 1 aliphatic rings. The maximum Gasteiger partial charge on any atom is 0.245 e. The molecule has 0 amide bonds. The van der Waals surface area contributed by atoms with Crippen molar-refractivity contribution in [3.8, 4) is 5.75 Å². The number of nitrogens with zero attached hydrogens (tertiary/aromatic N) is 2. The van der Waals surface area contributed by atoms with Gasteiger partial charge in [-0.25, -0.2) is 8.42 Å². The standard InChI is InChI=1S/C17H27BrN2O3S/c1-11(2)14-10-20(17(3,4)5)13-8-12(18)15(23-7)9-16(13)24(21,22)19(14)6/h8-9,11,14H,10H2,1-7H3/t14-/m0/s1. The molecule has 1 aliphatic heterocycles. The van der Waals surface area contributed by atoms with E-state index in [0.29, 0.717) is 22.9 Å². The summed E-state index contributed by atoms with van der Waals surface area (Å²) in [4.78, 5) is 2.47. The molecule has 0 fully saturated rings. The fraction of sp³-hybridized carbons (Fsp3) is 0.647. The monoisotopic (exact) mass is 418 g/mol. The Morgan fingerprint density at radius 2 is 1.88 bits per heavy atom. The lowest BCUT2D eigenvalue weighted by atomic mass is 9.98. The fourth-order valence-electron chi connectivity index (χ4n) is 3.10. The third-order valence-electron chi connectivity index (χ3n) is 4.60. The minimum absolute atomic E-state index is 0.105. The predicted octanol–water partition coefficient (Wildman–Crippen LogP) is 3.72. The molecule has 2 rings (SSSR count). The summed E-state index contributed by atoms with van der Waals surface area (Å²) in [6.45, 7) is 11.1. The van der Waals surface area contributed by atoms with Gasteiger partial charge in [0.15, 0.2) is 0 Å². The first-order valence-electron chi connectivity index (χ1n) is 8.04. The zero-order valence-corrected chi connectivity index (χ0v) is 17.8. The SMILES string of the molecule is COc1cc2c(cc1Br)N(C(C)(C)C)C[C@@H](C(C)C)N(C)S2(=O)=O. The second-order valence-electron chi connectivity index (χ2n) is 7.57. The second kappa shape index (κ2) is 6.50. The molecular formula is C17H27BrN2O3S. The molecule has 0 aromatic heterocycles. The van der Waals surface area contributed by atoms with Crippen molar-refractivity contribution in [1.29, 1.82) is 0 Å². The van der Waals surface area contributed by atoms with E-state index < -0.39 is 10.0 Å². The smallest absolute Gasteiger partial charge is 0.245 e. The highest BCUT2D eigenvalue weighted by Gasteiger charge is 2.41. The average molecular weight is 419 g/mol. The summed E-state index contributed by atoms with van der Waals surface area (Å²) >= 11 is 3.49. The number of anilines is 1. The summed E-state index contributed by atoms with van der Waals surface area (Å²) < 4.78 is 34.0. The molecule has 1 heterocycles. The summed E-state index contributed by atoms with van der Waals surface area (Å²) in [5.41, 5.74) is 0.501. The Balaban J connectivity index is 2.81. The van der Waals surface area contributed by atoms with E-state index in [2.05, 4.69) is 55.4 Å². The number of benzene rings is 1. The summed E-state index contributed by atoms with van der Waals surface area (Å²) in [5.74, 6) is 0.719. The van der Waals surface area contributed by atoms with Gasteiger partial charge in [0.25, 0.3) is 0 Å². The van der Waals surface area contributed by atoms with Crippen LogP contribution >= 0.6 is 15.9 Å². The molecule has 0 N–H and O–H groups in total. The molecule has 0 unspecified atom stereocenters. The van der Waals surface area contributed by atoms with Gasteiger partial charge in [-0.05, 0) is 48.7 Å². The van der Waals surface area contributed by atoms with Gasteiger partial charge in [0.1, 0.15) is 10.6 Å². The van der Waals surface area contributed by atoms with Crippen LogP contribution in [0.15, 0.2) is 21.5 Å². The van der Waals surface area contributed by atoms with Crippen molar-refractivity contribution in [2.45, 2.75) is 51.1 Å². The Bertz CT molecular complexity index is 726. The van der Waals surface area contributed by atoms with E-state index in [-0.39, 0.29) is 17.5 Å². The summed E-state index contributed by atoms with van der Waals surface area (Å²) in [5, 5.41) is 0. The number of halogens is 1. The van der Waals surface area contributed by atoms with Crippen molar-refractivity contribution in [2.75, 3.05) is 25.6 Å². The molecule has 5 nitrogen and oxygen atoms in total. The van der Waals surface area contributed by atoms with Crippen molar-refractivity contribution in [2.24, 2.45) is 5.92 Å². The molecule has 1 atom stereocenters. The molecule has 0 bridgehead atoms. The molecular weight excluding hydrogens is 392 g/mol. The highest BCUT2D eigenvalue weighted by atomic mass is 79.9. The minimum Gasteiger partial charge on any atom is -0.496 e. The van der Waals surface area contributed by atoms with Crippen molar-refractivity contribution < 1.29 is 13.2 Å². The lowest BCUT2D eigenvalue weighted by molar-refractivity contribution is 0.287. The topological polar surface area (TPSA) is 49.9 Å². The van der Waals surface area contributed by atoms with E-state index in [4.69, 9.17) is 4.74 Å². The van der Waals surface area contributed by atoms with Crippen LogP contribution in [0.3, 0.4) is 0 Å². The maximum atomic E-state index is 13.2.